The maximum atomic E-state index is 12.2. The van der Waals surface area contributed by atoms with Gasteiger partial charge in [-0.15, -0.1) is 5.10 Å². The molecule has 2 aromatic carbocycles. The molecule has 0 fully saturated rings. The SMILES string of the molecule is O=C(COC(=O)/C=C/c1cn(Cc2ccccc2)nn1)N[C@H]1CCCc2ccccc21. The summed E-state index contributed by atoms with van der Waals surface area (Å²) >= 11 is 0. The molecule has 0 radical (unpaired) electrons. The van der Waals surface area contributed by atoms with Crippen LogP contribution in [0.3, 0.4) is 0 Å². The van der Waals surface area contributed by atoms with Crippen LogP contribution in [0.2, 0.25) is 0 Å². The molecule has 31 heavy (non-hydrogen) atoms. The standard InChI is InChI=1S/C24H24N4O3/c29-23(25-22-12-6-10-19-9-4-5-11-21(19)22)17-31-24(30)14-13-20-16-28(27-26-20)15-18-7-2-1-3-8-18/h1-5,7-9,11,13-14,16,22H,6,10,12,15,17H2,(H,25,29)/b14-13+/t22-/m0/s1. The van der Waals surface area contributed by atoms with E-state index in [9.17, 15) is 9.59 Å². The fraction of sp³-hybridized carbons (Fsp3) is 0.250. The van der Waals surface area contributed by atoms with Gasteiger partial charge in [0.15, 0.2) is 6.61 Å². The Morgan fingerprint density at radius 1 is 1.13 bits per heavy atom. The second-order valence-corrected chi connectivity index (χ2v) is 7.48. The number of aryl methyl sites for hydroxylation is 1. The Bertz CT molecular complexity index is 1080. The average molecular weight is 416 g/mol. The maximum absolute atomic E-state index is 12.2. The van der Waals surface area contributed by atoms with Crippen molar-refractivity contribution >= 4 is 18.0 Å². The minimum atomic E-state index is -0.600. The van der Waals surface area contributed by atoms with E-state index in [4.69, 9.17) is 4.74 Å². The normalized spacial score (nSPS) is 15.4. The molecule has 1 aliphatic rings. The molecule has 0 spiro atoms. The van der Waals surface area contributed by atoms with Gasteiger partial charge in [0, 0.05) is 6.08 Å². The number of amides is 1. The lowest BCUT2D eigenvalue weighted by molar-refractivity contribution is -0.144. The maximum Gasteiger partial charge on any atom is 0.331 e. The van der Waals surface area contributed by atoms with Gasteiger partial charge in [0.05, 0.1) is 18.8 Å². The number of ether oxygens (including phenoxy) is 1. The number of nitrogens with one attached hydrogen (secondary N) is 1. The molecular formula is C24H24N4O3. The predicted octanol–water partition coefficient (Wildman–Crippen LogP) is 3.08. The Balaban J connectivity index is 1.24. The van der Waals surface area contributed by atoms with Crippen LogP contribution in [0.4, 0.5) is 0 Å². The molecule has 3 aromatic rings. The Labute approximate surface area is 180 Å². The van der Waals surface area contributed by atoms with Crippen LogP contribution in [0, 0.1) is 0 Å². The Kier molecular flexibility index (Phi) is 6.52. The number of hydrogen-bond acceptors (Lipinski definition) is 5. The first-order valence-corrected chi connectivity index (χ1v) is 10.3. The van der Waals surface area contributed by atoms with Gasteiger partial charge < -0.3 is 10.1 Å². The summed E-state index contributed by atoms with van der Waals surface area (Å²) in [4.78, 5) is 24.2. The molecular weight excluding hydrogens is 392 g/mol. The van der Waals surface area contributed by atoms with Crippen LogP contribution in [0.15, 0.2) is 66.9 Å². The van der Waals surface area contributed by atoms with Crippen molar-refractivity contribution in [3.05, 3.63) is 89.3 Å². The smallest absolute Gasteiger partial charge is 0.331 e. The molecule has 1 N–H and O–H groups in total. The number of rotatable bonds is 7. The molecule has 1 amide bonds. The molecule has 158 valence electrons. The van der Waals surface area contributed by atoms with Crippen molar-refractivity contribution in [3.63, 3.8) is 0 Å². The minimum absolute atomic E-state index is 0.0358. The summed E-state index contributed by atoms with van der Waals surface area (Å²) in [6.45, 7) is 0.277. The third kappa shape index (κ3) is 5.66. The lowest BCUT2D eigenvalue weighted by Crippen LogP contribution is -2.34. The first kappa shape index (κ1) is 20.5. The van der Waals surface area contributed by atoms with Crippen LogP contribution in [0.25, 0.3) is 6.08 Å². The van der Waals surface area contributed by atoms with Crippen molar-refractivity contribution in [1.82, 2.24) is 20.3 Å². The van der Waals surface area contributed by atoms with Crippen molar-refractivity contribution in [2.24, 2.45) is 0 Å². The van der Waals surface area contributed by atoms with Crippen molar-refractivity contribution in [3.8, 4) is 0 Å². The second kappa shape index (κ2) is 9.84. The molecule has 7 heteroatoms. The topological polar surface area (TPSA) is 86.1 Å². The zero-order chi connectivity index (χ0) is 21.5. The van der Waals surface area contributed by atoms with Crippen LogP contribution in [-0.2, 0) is 27.3 Å². The van der Waals surface area contributed by atoms with E-state index in [2.05, 4.69) is 21.7 Å². The average Bonchev–Trinajstić information content (AvgIpc) is 3.24. The summed E-state index contributed by atoms with van der Waals surface area (Å²) in [7, 11) is 0. The fourth-order valence-corrected chi connectivity index (χ4v) is 3.72. The first-order chi connectivity index (χ1) is 15.2. The van der Waals surface area contributed by atoms with Crippen molar-refractivity contribution in [2.45, 2.75) is 31.8 Å². The molecule has 1 aliphatic carbocycles. The van der Waals surface area contributed by atoms with Gasteiger partial charge in [-0.25, -0.2) is 9.48 Å². The monoisotopic (exact) mass is 416 g/mol. The molecule has 1 heterocycles. The number of esters is 1. The van der Waals surface area contributed by atoms with Crippen LogP contribution in [-0.4, -0.2) is 33.5 Å². The van der Waals surface area contributed by atoms with Gasteiger partial charge in [0.2, 0.25) is 0 Å². The Morgan fingerprint density at radius 3 is 2.81 bits per heavy atom. The van der Waals surface area contributed by atoms with Gasteiger partial charge in [-0.2, -0.15) is 0 Å². The van der Waals surface area contributed by atoms with Crippen molar-refractivity contribution in [2.75, 3.05) is 6.61 Å². The van der Waals surface area contributed by atoms with Gasteiger partial charge in [0.1, 0.15) is 5.69 Å². The van der Waals surface area contributed by atoms with E-state index in [1.54, 1.807) is 10.9 Å². The summed E-state index contributed by atoms with van der Waals surface area (Å²) in [5, 5.41) is 11.0. The summed E-state index contributed by atoms with van der Waals surface area (Å²) in [6, 6.07) is 18.0. The summed E-state index contributed by atoms with van der Waals surface area (Å²) < 4.78 is 6.76. The van der Waals surface area contributed by atoms with Gasteiger partial charge in [-0.05, 0) is 42.0 Å². The van der Waals surface area contributed by atoms with E-state index in [1.807, 2.05) is 48.5 Å². The molecule has 0 aliphatic heterocycles. The van der Waals surface area contributed by atoms with E-state index in [1.165, 1.54) is 17.7 Å². The lowest BCUT2D eigenvalue weighted by atomic mass is 9.88. The molecule has 0 saturated carbocycles. The fourth-order valence-electron chi connectivity index (χ4n) is 3.72. The highest BCUT2D eigenvalue weighted by Crippen LogP contribution is 2.29. The summed E-state index contributed by atoms with van der Waals surface area (Å²) in [6.07, 6.45) is 7.44. The highest BCUT2D eigenvalue weighted by Gasteiger charge is 2.21. The zero-order valence-electron chi connectivity index (χ0n) is 17.1. The Hall–Kier alpha value is -3.74. The van der Waals surface area contributed by atoms with E-state index < -0.39 is 5.97 Å². The van der Waals surface area contributed by atoms with E-state index in [0.717, 1.165) is 30.4 Å². The minimum Gasteiger partial charge on any atom is -0.452 e. The number of benzene rings is 2. The number of hydrogen-bond donors (Lipinski definition) is 1. The van der Waals surface area contributed by atoms with Crippen LogP contribution < -0.4 is 5.32 Å². The summed E-state index contributed by atoms with van der Waals surface area (Å²) in [5.74, 6) is -0.908. The third-order valence-corrected chi connectivity index (χ3v) is 5.18. The lowest BCUT2D eigenvalue weighted by Gasteiger charge is -2.26. The number of aromatic nitrogens is 3. The van der Waals surface area contributed by atoms with Crippen molar-refractivity contribution in [1.29, 1.82) is 0 Å². The van der Waals surface area contributed by atoms with E-state index in [0.29, 0.717) is 12.2 Å². The largest absolute Gasteiger partial charge is 0.452 e. The van der Waals surface area contributed by atoms with Gasteiger partial charge in [0.25, 0.3) is 5.91 Å². The Morgan fingerprint density at radius 2 is 1.94 bits per heavy atom. The van der Waals surface area contributed by atoms with Crippen LogP contribution >= 0.6 is 0 Å². The number of nitrogens with zero attached hydrogens (tertiary/aromatic N) is 3. The van der Waals surface area contributed by atoms with Gasteiger partial charge in [-0.3, -0.25) is 4.79 Å². The molecule has 1 aromatic heterocycles. The highest BCUT2D eigenvalue weighted by atomic mass is 16.5. The zero-order valence-corrected chi connectivity index (χ0v) is 17.1. The molecule has 0 unspecified atom stereocenters. The number of fused-ring (bicyclic) bond motifs is 1. The predicted molar refractivity (Wildman–Crippen MR) is 116 cm³/mol. The van der Waals surface area contributed by atoms with Crippen LogP contribution in [0.1, 0.15) is 41.3 Å². The molecule has 4 rings (SSSR count). The van der Waals surface area contributed by atoms with Crippen LogP contribution in [0.5, 0.6) is 0 Å². The molecule has 0 saturated heterocycles. The van der Waals surface area contributed by atoms with Crippen molar-refractivity contribution < 1.29 is 14.3 Å². The molecule has 7 nitrogen and oxygen atoms in total. The molecule has 1 atom stereocenters. The first-order valence-electron chi connectivity index (χ1n) is 10.3. The second-order valence-electron chi connectivity index (χ2n) is 7.48. The molecule has 0 bridgehead atoms. The third-order valence-electron chi connectivity index (χ3n) is 5.18. The van der Waals surface area contributed by atoms with E-state index >= 15 is 0 Å². The number of carbonyl (C=O) groups excluding carboxylic acids is 2. The highest BCUT2D eigenvalue weighted by molar-refractivity contribution is 5.89. The number of carbonyl (C=O) groups is 2. The summed E-state index contributed by atoms with van der Waals surface area (Å²) in [5.41, 5.74) is 4.05. The van der Waals surface area contributed by atoms with E-state index in [-0.39, 0.29) is 18.6 Å². The van der Waals surface area contributed by atoms with Gasteiger partial charge >= 0.3 is 5.97 Å². The van der Waals surface area contributed by atoms with Gasteiger partial charge in [-0.1, -0.05) is 59.8 Å². The quantitative estimate of drug-likeness (QED) is 0.473.